The molecule has 1 fully saturated rings. The summed E-state index contributed by atoms with van der Waals surface area (Å²) in [5, 5.41) is 1.06. The smallest absolute Gasteiger partial charge is 0.113 e. The number of hydrogen-bond donors (Lipinski definition) is 0. The summed E-state index contributed by atoms with van der Waals surface area (Å²) in [4.78, 5) is 7.51. The molecule has 1 aliphatic heterocycles. The molecule has 1 saturated heterocycles. The van der Waals surface area contributed by atoms with Crippen LogP contribution in [0.1, 0.15) is 31.5 Å². The van der Waals surface area contributed by atoms with Crippen molar-refractivity contribution in [2.75, 3.05) is 38.2 Å². The molecule has 23 heavy (non-hydrogen) atoms. The molecule has 4 nitrogen and oxygen atoms in total. The summed E-state index contributed by atoms with van der Waals surface area (Å²) in [5.74, 6) is 1.82. The first kappa shape index (κ1) is 16.9. The maximum Gasteiger partial charge on any atom is 0.113 e. The van der Waals surface area contributed by atoms with Crippen molar-refractivity contribution in [3.05, 3.63) is 30.1 Å². The number of aromatic nitrogens is 2. The van der Waals surface area contributed by atoms with Crippen molar-refractivity contribution < 1.29 is 4.74 Å². The lowest BCUT2D eigenvalue weighted by Crippen LogP contribution is -2.35. The zero-order chi connectivity index (χ0) is 16.1. The van der Waals surface area contributed by atoms with Crippen molar-refractivity contribution in [1.29, 1.82) is 0 Å². The van der Waals surface area contributed by atoms with Gasteiger partial charge < -0.3 is 14.2 Å². The lowest BCUT2D eigenvalue weighted by Gasteiger charge is -2.31. The molecule has 1 aromatic carbocycles. The SMILES string of the molecule is CCOCCn1c(C2CCN(CCBr)CC2)nc2ccccc21. The average Bonchev–Trinajstić information content (AvgIpc) is 2.95. The van der Waals surface area contributed by atoms with E-state index in [9.17, 15) is 0 Å². The summed E-state index contributed by atoms with van der Waals surface area (Å²) < 4.78 is 7.97. The van der Waals surface area contributed by atoms with Gasteiger partial charge in [-0.3, -0.25) is 0 Å². The van der Waals surface area contributed by atoms with Crippen LogP contribution in [0.2, 0.25) is 0 Å². The van der Waals surface area contributed by atoms with Gasteiger partial charge in [0.1, 0.15) is 5.82 Å². The molecule has 0 unspecified atom stereocenters. The third kappa shape index (κ3) is 3.95. The molecule has 0 N–H and O–H groups in total. The van der Waals surface area contributed by atoms with E-state index < -0.39 is 0 Å². The van der Waals surface area contributed by atoms with E-state index >= 15 is 0 Å². The number of hydrogen-bond acceptors (Lipinski definition) is 3. The minimum Gasteiger partial charge on any atom is -0.380 e. The number of likely N-dealkylation sites (tertiary alicyclic amines) is 1. The van der Waals surface area contributed by atoms with E-state index in [4.69, 9.17) is 9.72 Å². The lowest BCUT2D eigenvalue weighted by molar-refractivity contribution is 0.138. The Labute approximate surface area is 147 Å². The highest BCUT2D eigenvalue weighted by Crippen LogP contribution is 2.30. The van der Waals surface area contributed by atoms with Crippen molar-refractivity contribution in [2.24, 2.45) is 0 Å². The maximum atomic E-state index is 5.59. The zero-order valence-corrected chi connectivity index (χ0v) is 15.5. The van der Waals surface area contributed by atoms with Crippen LogP contribution < -0.4 is 0 Å². The standard InChI is InChI=1S/C18H26BrN3O/c1-2-23-14-13-22-17-6-4-3-5-16(17)20-18(22)15-7-10-21(11-8-15)12-9-19/h3-6,15H,2,7-14H2,1H3. The fraction of sp³-hybridized carbons (Fsp3) is 0.611. The van der Waals surface area contributed by atoms with E-state index in [1.54, 1.807) is 0 Å². The van der Waals surface area contributed by atoms with Crippen LogP contribution in [0.3, 0.4) is 0 Å². The molecule has 0 aliphatic carbocycles. The first-order chi connectivity index (χ1) is 11.3. The van der Waals surface area contributed by atoms with Gasteiger partial charge in [0.05, 0.1) is 17.6 Å². The third-order valence-electron chi connectivity index (χ3n) is 4.70. The Morgan fingerprint density at radius 1 is 1.22 bits per heavy atom. The van der Waals surface area contributed by atoms with Gasteiger partial charge in [-0.25, -0.2) is 4.98 Å². The molecular weight excluding hydrogens is 354 g/mol. The predicted octanol–water partition coefficient (Wildman–Crippen LogP) is 3.65. The summed E-state index contributed by atoms with van der Waals surface area (Å²) in [6, 6.07) is 8.47. The summed E-state index contributed by atoms with van der Waals surface area (Å²) >= 11 is 3.54. The molecule has 2 aromatic rings. The summed E-state index contributed by atoms with van der Waals surface area (Å²) in [6.07, 6.45) is 2.40. The van der Waals surface area contributed by atoms with Gasteiger partial charge in [-0.15, -0.1) is 0 Å². The Kier molecular flexibility index (Phi) is 6.08. The molecule has 3 rings (SSSR count). The fourth-order valence-electron chi connectivity index (χ4n) is 3.48. The van der Waals surface area contributed by atoms with Crippen LogP contribution in [-0.2, 0) is 11.3 Å². The van der Waals surface area contributed by atoms with E-state index in [2.05, 4.69) is 49.7 Å². The van der Waals surface area contributed by atoms with Crippen LogP contribution in [0.25, 0.3) is 11.0 Å². The second-order valence-corrected chi connectivity index (χ2v) is 6.91. The summed E-state index contributed by atoms with van der Waals surface area (Å²) in [7, 11) is 0. The van der Waals surface area contributed by atoms with Crippen molar-refractivity contribution >= 4 is 27.0 Å². The molecule has 0 amide bonds. The molecule has 1 aliphatic rings. The molecule has 0 spiro atoms. The van der Waals surface area contributed by atoms with E-state index in [-0.39, 0.29) is 0 Å². The van der Waals surface area contributed by atoms with Gasteiger partial charge >= 0.3 is 0 Å². The maximum absolute atomic E-state index is 5.59. The van der Waals surface area contributed by atoms with Crippen LogP contribution in [-0.4, -0.2) is 52.6 Å². The highest BCUT2D eigenvalue weighted by atomic mass is 79.9. The number of piperidine rings is 1. The normalized spacial score (nSPS) is 17.1. The number of benzene rings is 1. The number of rotatable bonds is 7. The van der Waals surface area contributed by atoms with E-state index in [0.717, 1.165) is 37.2 Å². The number of para-hydroxylation sites is 2. The molecular formula is C18H26BrN3O. The van der Waals surface area contributed by atoms with Crippen molar-refractivity contribution in [1.82, 2.24) is 14.5 Å². The van der Waals surface area contributed by atoms with E-state index in [0.29, 0.717) is 5.92 Å². The van der Waals surface area contributed by atoms with Crippen molar-refractivity contribution in [3.63, 3.8) is 0 Å². The summed E-state index contributed by atoms with van der Waals surface area (Å²) in [6.45, 7) is 7.96. The van der Waals surface area contributed by atoms with Crippen molar-refractivity contribution in [2.45, 2.75) is 32.2 Å². The molecule has 2 heterocycles. The topological polar surface area (TPSA) is 30.3 Å². The van der Waals surface area contributed by atoms with Crippen molar-refractivity contribution in [3.8, 4) is 0 Å². The fourth-order valence-corrected chi connectivity index (χ4v) is 3.98. The van der Waals surface area contributed by atoms with Gasteiger partial charge in [-0.1, -0.05) is 28.1 Å². The average molecular weight is 380 g/mol. The monoisotopic (exact) mass is 379 g/mol. The number of alkyl halides is 1. The minimum absolute atomic E-state index is 0.565. The lowest BCUT2D eigenvalue weighted by atomic mass is 9.96. The Morgan fingerprint density at radius 3 is 2.74 bits per heavy atom. The first-order valence-electron chi connectivity index (χ1n) is 8.64. The molecule has 126 valence electrons. The van der Waals surface area contributed by atoms with Gasteiger partial charge in [0, 0.05) is 30.9 Å². The largest absolute Gasteiger partial charge is 0.380 e. The molecule has 0 atom stereocenters. The van der Waals surface area contributed by atoms with E-state index in [1.807, 2.05) is 6.92 Å². The highest BCUT2D eigenvalue weighted by molar-refractivity contribution is 9.09. The minimum atomic E-state index is 0.565. The van der Waals surface area contributed by atoms with Crippen LogP contribution in [0.15, 0.2) is 24.3 Å². The number of halogens is 1. The van der Waals surface area contributed by atoms with Gasteiger partial charge in [0.25, 0.3) is 0 Å². The quantitative estimate of drug-likeness (QED) is 0.543. The predicted molar refractivity (Wildman–Crippen MR) is 98.4 cm³/mol. The van der Waals surface area contributed by atoms with Crippen LogP contribution in [0.4, 0.5) is 0 Å². The second-order valence-electron chi connectivity index (χ2n) is 6.11. The van der Waals surface area contributed by atoms with E-state index in [1.165, 1.54) is 37.3 Å². The summed E-state index contributed by atoms with van der Waals surface area (Å²) in [5.41, 5.74) is 2.35. The van der Waals surface area contributed by atoms with Gasteiger partial charge in [-0.05, 0) is 45.0 Å². The third-order valence-corrected chi connectivity index (χ3v) is 5.06. The number of imidazole rings is 1. The van der Waals surface area contributed by atoms with Crippen LogP contribution in [0.5, 0.6) is 0 Å². The van der Waals surface area contributed by atoms with Crippen LogP contribution >= 0.6 is 15.9 Å². The number of nitrogens with zero attached hydrogens (tertiary/aromatic N) is 3. The molecule has 1 aromatic heterocycles. The number of ether oxygens (including phenoxy) is 1. The molecule has 0 radical (unpaired) electrons. The Morgan fingerprint density at radius 2 is 2.00 bits per heavy atom. The van der Waals surface area contributed by atoms with Gasteiger partial charge in [0.15, 0.2) is 0 Å². The van der Waals surface area contributed by atoms with Crippen LogP contribution in [0, 0.1) is 0 Å². The highest BCUT2D eigenvalue weighted by Gasteiger charge is 2.25. The second kappa shape index (κ2) is 8.27. The Hall–Kier alpha value is -0.910. The van der Waals surface area contributed by atoms with Gasteiger partial charge in [-0.2, -0.15) is 0 Å². The molecule has 0 saturated carbocycles. The first-order valence-corrected chi connectivity index (χ1v) is 9.77. The molecule has 0 bridgehead atoms. The Bertz CT molecular complexity index is 620. The Balaban J connectivity index is 1.80. The zero-order valence-electron chi connectivity index (χ0n) is 13.9. The van der Waals surface area contributed by atoms with Gasteiger partial charge in [0.2, 0.25) is 0 Å². The molecule has 5 heteroatoms. The number of fused-ring (bicyclic) bond motifs is 1.